The van der Waals surface area contributed by atoms with Crippen molar-refractivity contribution < 1.29 is 38.6 Å². The normalized spacial score (nSPS) is 12.1. The molecule has 13 nitrogen and oxygen atoms in total. The second-order valence-corrected chi connectivity index (χ2v) is 16.6. The third kappa shape index (κ3) is 12.9. The lowest BCUT2D eigenvalue weighted by Gasteiger charge is -2.28. The highest BCUT2D eigenvalue weighted by Crippen LogP contribution is 2.37. The van der Waals surface area contributed by atoms with Crippen LogP contribution in [0.4, 0.5) is 0 Å². The van der Waals surface area contributed by atoms with Crippen LogP contribution in [-0.2, 0) is 35.1 Å². The zero-order chi connectivity index (χ0) is 45.0. The van der Waals surface area contributed by atoms with Crippen LogP contribution in [0.3, 0.4) is 0 Å². The molecule has 13 heteroatoms. The van der Waals surface area contributed by atoms with E-state index in [-0.39, 0.29) is 29.7 Å². The summed E-state index contributed by atoms with van der Waals surface area (Å²) < 4.78 is 21.0. The molecule has 1 unspecified atom stereocenters. The molecule has 0 fully saturated rings. The van der Waals surface area contributed by atoms with Crippen LogP contribution in [0.1, 0.15) is 102 Å². The highest BCUT2D eigenvalue weighted by atomic mass is 16.6. The van der Waals surface area contributed by atoms with Gasteiger partial charge in [0.05, 0.1) is 40.4 Å². The average Bonchev–Trinajstić information content (AvgIpc) is 3.64. The summed E-state index contributed by atoms with van der Waals surface area (Å²) >= 11 is 0. The van der Waals surface area contributed by atoms with E-state index in [1.54, 1.807) is 53.5 Å². The van der Waals surface area contributed by atoms with E-state index < -0.39 is 11.6 Å². The number of para-hydroxylation sites is 2. The number of rotatable bonds is 14. The van der Waals surface area contributed by atoms with Crippen LogP contribution in [0.15, 0.2) is 126 Å². The zero-order valence-electron chi connectivity index (χ0n) is 36.9. The Morgan fingerprint density at radius 2 is 1.27 bits per heavy atom. The monoisotopic (exact) mass is 841 g/mol. The van der Waals surface area contributed by atoms with Crippen molar-refractivity contribution in [3.63, 3.8) is 0 Å². The summed E-state index contributed by atoms with van der Waals surface area (Å²) in [5, 5.41) is 21.9. The summed E-state index contributed by atoms with van der Waals surface area (Å²) in [5.74, 6) is 1.41. The van der Waals surface area contributed by atoms with Gasteiger partial charge in [0.2, 0.25) is 11.8 Å². The van der Waals surface area contributed by atoms with Crippen LogP contribution >= 0.6 is 0 Å². The van der Waals surface area contributed by atoms with Gasteiger partial charge in [-0.25, -0.2) is 14.3 Å². The van der Waals surface area contributed by atoms with Crippen molar-refractivity contribution in [1.29, 1.82) is 0 Å². The number of carbonyl (C=O) groups is 2. The molecule has 324 valence electrons. The second-order valence-electron chi connectivity index (χ2n) is 16.6. The molecular weight excluding hydrogens is 787 g/mol. The van der Waals surface area contributed by atoms with Crippen LogP contribution in [-0.4, -0.2) is 49.4 Å². The highest BCUT2D eigenvalue weighted by molar-refractivity contribution is 5.90. The molecule has 0 radical (unpaired) electrons. The number of hydrogen-bond donors (Lipinski definition) is 1. The molecule has 0 saturated carbocycles. The van der Waals surface area contributed by atoms with Crippen molar-refractivity contribution in [3.05, 3.63) is 160 Å². The SMILES string of the molecule is Cc1cn(C)c(Oc2ccccc2)c1C=NOCc1ccc(C(=O)OC(C)(C)C)cc1.Cc1nn(C)c(Oc2ccccc2)c1C=NOC(c1ccc(C(=O)O)cc1)C(C)(C)C. The predicted octanol–water partition coefficient (Wildman–Crippen LogP) is 11.0. The van der Waals surface area contributed by atoms with E-state index in [2.05, 4.69) is 15.4 Å². The molecule has 0 aliphatic heterocycles. The Hall–Kier alpha value is -7.15. The van der Waals surface area contributed by atoms with E-state index in [0.29, 0.717) is 23.1 Å². The summed E-state index contributed by atoms with van der Waals surface area (Å²) in [4.78, 5) is 34.6. The van der Waals surface area contributed by atoms with Gasteiger partial charge in [-0.05, 0) is 99.8 Å². The van der Waals surface area contributed by atoms with Crippen LogP contribution < -0.4 is 9.47 Å². The minimum Gasteiger partial charge on any atom is -0.478 e. The van der Waals surface area contributed by atoms with E-state index in [0.717, 1.165) is 39.3 Å². The van der Waals surface area contributed by atoms with E-state index in [1.165, 1.54) is 0 Å². The summed E-state index contributed by atoms with van der Waals surface area (Å²) in [5.41, 5.74) is 5.06. The zero-order valence-corrected chi connectivity index (χ0v) is 36.9. The van der Waals surface area contributed by atoms with Gasteiger partial charge in [0.1, 0.15) is 23.7 Å². The second kappa shape index (κ2) is 20.4. The smallest absolute Gasteiger partial charge is 0.338 e. The fourth-order valence-electron chi connectivity index (χ4n) is 6.12. The lowest BCUT2D eigenvalue weighted by Crippen LogP contribution is -2.23. The van der Waals surface area contributed by atoms with Crippen molar-refractivity contribution >= 4 is 24.4 Å². The van der Waals surface area contributed by atoms with Crippen LogP contribution in [0.2, 0.25) is 0 Å². The number of oxime groups is 2. The fraction of sp³-hybridized carbons (Fsp3) is 0.286. The fourth-order valence-corrected chi connectivity index (χ4v) is 6.12. The van der Waals surface area contributed by atoms with Crippen molar-refractivity contribution in [2.45, 2.75) is 73.7 Å². The van der Waals surface area contributed by atoms with Gasteiger partial charge in [-0.15, -0.1) is 0 Å². The Labute approximate surface area is 363 Å². The molecule has 2 heterocycles. The van der Waals surface area contributed by atoms with E-state index in [9.17, 15) is 9.59 Å². The van der Waals surface area contributed by atoms with Gasteiger partial charge in [0, 0.05) is 25.7 Å². The van der Waals surface area contributed by atoms with Crippen molar-refractivity contribution in [2.75, 3.05) is 0 Å². The number of hydrogen-bond acceptors (Lipinski definition) is 10. The first-order valence-corrected chi connectivity index (χ1v) is 20.0. The molecule has 6 aromatic rings. The van der Waals surface area contributed by atoms with Crippen molar-refractivity contribution in [1.82, 2.24) is 14.3 Å². The number of carboxylic acids is 1. The number of ether oxygens (including phenoxy) is 3. The lowest BCUT2D eigenvalue weighted by molar-refractivity contribution is -0.0162. The summed E-state index contributed by atoms with van der Waals surface area (Å²) in [6, 6.07) is 32.8. The summed E-state index contributed by atoms with van der Waals surface area (Å²) in [6.07, 6.45) is 4.87. The predicted molar refractivity (Wildman–Crippen MR) is 239 cm³/mol. The summed E-state index contributed by atoms with van der Waals surface area (Å²) in [7, 11) is 3.74. The molecule has 0 amide bonds. The van der Waals surface area contributed by atoms with Gasteiger partial charge in [0.15, 0.2) is 6.10 Å². The Kier molecular flexibility index (Phi) is 15.1. The maximum Gasteiger partial charge on any atom is 0.338 e. The van der Waals surface area contributed by atoms with Gasteiger partial charge in [-0.1, -0.05) is 91.7 Å². The van der Waals surface area contributed by atoms with Crippen molar-refractivity contribution in [3.8, 4) is 23.3 Å². The lowest BCUT2D eigenvalue weighted by atomic mass is 9.84. The molecule has 1 atom stereocenters. The molecule has 0 aliphatic rings. The Bertz CT molecular complexity index is 2460. The third-order valence-corrected chi connectivity index (χ3v) is 9.16. The number of aryl methyl sites for hydroxylation is 4. The number of esters is 1. The van der Waals surface area contributed by atoms with Gasteiger partial charge in [-0.3, -0.25) is 0 Å². The third-order valence-electron chi connectivity index (χ3n) is 9.16. The van der Waals surface area contributed by atoms with Crippen LogP contribution in [0, 0.1) is 19.3 Å². The number of carbonyl (C=O) groups excluding carboxylic acids is 1. The molecule has 0 saturated heterocycles. The Balaban J connectivity index is 0.000000234. The molecule has 4 aromatic carbocycles. The van der Waals surface area contributed by atoms with E-state index in [4.69, 9.17) is 29.0 Å². The molecular formula is C49H55N5O8. The maximum atomic E-state index is 12.1. The standard InChI is InChI=1S/C25H28N2O4.C24H27N3O4/c1-18-16-27(5)23(30-21-9-7-6-8-10-21)22(18)15-26-29-17-19-11-13-20(14-12-19)24(28)31-25(2,3)4;1-16-20(22(27(5)26-16)30-19-9-7-6-8-10-19)15-25-31-21(24(2,3)4)17-11-13-18(14-12-17)23(28)29/h6-16H,17H2,1-5H3;6-15,21H,1-5H3,(H,28,29). The van der Waals surface area contributed by atoms with E-state index in [1.807, 2.05) is 153 Å². The number of aromatic nitrogens is 3. The molecule has 2 aromatic heterocycles. The minimum absolute atomic E-state index is 0.230. The molecule has 6 rings (SSSR count). The molecule has 1 N–H and O–H groups in total. The molecule has 62 heavy (non-hydrogen) atoms. The molecule has 0 aliphatic carbocycles. The van der Waals surface area contributed by atoms with E-state index >= 15 is 0 Å². The van der Waals surface area contributed by atoms with Gasteiger partial charge >= 0.3 is 11.9 Å². The van der Waals surface area contributed by atoms with Gasteiger partial charge in [0.25, 0.3) is 0 Å². The first-order chi connectivity index (χ1) is 29.4. The average molecular weight is 842 g/mol. The topological polar surface area (TPSA) is 148 Å². The van der Waals surface area contributed by atoms with Crippen molar-refractivity contribution in [2.24, 2.45) is 29.8 Å². The molecule has 0 spiro atoms. The Morgan fingerprint density at radius 3 is 1.82 bits per heavy atom. The minimum atomic E-state index is -0.962. The largest absolute Gasteiger partial charge is 0.478 e. The first-order valence-electron chi connectivity index (χ1n) is 20.0. The number of aromatic carboxylic acids is 1. The Morgan fingerprint density at radius 1 is 0.726 bits per heavy atom. The van der Waals surface area contributed by atoms with Crippen LogP contribution in [0.5, 0.6) is 23.3 Å². The quantitative estimate of drug-likeness (QED) is 0.0642. The number of benzene rings is 4. The van der Waals surface area contributed by atoms with Gasteiger partial charge < -0.3 is 33.6 Å². The summed E-state index contributed by atoms with van der Waals surface area (Å²) in [6.45, 7) is 15.8. The molecule has 0 bridgehead atoms. The highest BCUT2D eigenvalue weighted by Gasteiger charge is 2.29. The number of nitrogens with zero attached hydrogens (tertiary/aromatic N) is 5. The maximum absolute atomic E-state index is 12.1. The first kappa shape index (κ1) is 45.9. The van der Waals surface area contributed by atoms with Gasteiger partial charge in [-0.2, -0.15) is 5.10 Å². The number of carboxylic acid groups (broad SMARTS) is 1. The van der Waals surface area contributed by atoms with Crippen LogP contribution in [0.25, 0.3) is 0 Å².